The van der Waals surface area contributed by atoms with E-state index in [4.69, 9.17) is 9.47 Å². The lowest BCUT2D eigenvalue weighted by molar-refractivity contribution is -0.145. The quantitative estimate of drug-likeness (QED) is 0.561. The highest BCUT2D eigenvalue weighted by Gasteiger charge is 2.17. The molecular weight excluding hydrogens is 274 g/mol. The van der Waals surface area contributed by atoms with Crippen LogP contribution in [0.4, 0.5) is 0 Å². The zero-order chi connectivity index (χ0) is 14.8. The van der Waals surface area contributed by atoms with Gasteiger partial charge in [-0.15, -0.1) is 11.8 Å². The van der Waals surface area contributed by atoms with Crippen LogP contribution in [0.2, 0.25) is 0 Å². The smallest absolute Gasteiger partial charge is 0.323 e. The number of ether oxygens (including phenoxy) is 2. The second-order valence-corrected chi connectivity index (χ2v) is 5.34. The highest BCUT2D eigenvalue weighted by molar-refractivity contribution is 7.99. The van der Waals surface area contributed by atoms with Crippen molar-refractivity contribution in [2.75, 3.05) is 26.0 Å². The van der Waals surface area contributed by atoms with E-state index in [1.165, 1.54) is 4.90 Å². The molecular formula is C15H23NO3S. The zero-order valence-corrected chi connectivity index (χ0v) is 13.2. The first kappa shape index (κ1) is 16.9. The van der Waals surface area contributed by atoms with Crippen LogP contribution in [0.3, 0.4) is 0 Å². The number of rotatable bonds is 9. The second kappa shape index (κ2) is 9.66. The van der Waals surface area contributed by atoms with Crippen molar-refractivity contribution in [3.63, 3.8) is 0 Å². The fraction of sp³-hybridized carbons (Fsp3) is 0.533. The van der Waals surface area contributed by atoms with Crippen LogP contribution in [0, 0.1) is 0 Å². The van der Waals surface area contributed by atoms with Gasteiger partial charge in [0, 0.05) is 10.6 Å². The molecule has 0 amide bonds. The molecule has 0 aliphatic heterocycles. The van der Waals surface area contributed by atoms with Crippen LogP contribution in [-0.4, -0.2) is 38.0 Å². The summed E-state index contributed by atoms with van der Waals surface area (Å²) in [4.78, 5) is 12.9. The zero-order valence-electron chi connectivity index (χ0n) is 12.3. The van der Waals surface area contributed by atoms with Gasteiger partial charge in [-0.05, 0) is 44.2 Å². The van der Waals surface area contributed by atoms with Crippen LogP contribution < -0.4 is 10.1 Å². The largest absolute Gasteiger partial charge is 0.497 e. The molecule has 1 rings (SSSR count). The summed E-state index contributed by atoms with van der Waals surface area (Å²) in [5, 5.41) is 3.16. The number of methoxy groups -OCH3 is 1. The third-order valence-electron chi connectivity index (χ3n) is 2.76. The number of esters is 1. The molecule has 5 heteroatoms. The second-order valence-electron chi connectivity index (χ2n) is 4.17. The van der Waals surface area contributed by atoms with Crippen LogP contribution in [0.5, 0.6) is 5.75 Å². The maximum absolute atomic E-state index is 11.7. The molecule has 0 saturated carbocycles. The van der Waals surface area contributed by atoms with Gasteiger partial charge in [-0.2, -0.15) is 0 Å². The molecule has 0 bridgehead atoms. The van der Waals surface area contributed by atoms with Crippen molar-refractivity contribution >= 4 is 17.7 Å². The van der Waals surface area contributed by atoms with E-state index in [2.05, 4.69) is 5.32 Å². The number of carbonyl (C=O) groups is 1. The van der Waals surface area contributed by atoms with Gasteiger partial charge in [-0.1, -0.05) is 6.92 Å². The van der Waals surface area contributed by atoms with Gasteiger partial charge < -0.3 is 14.8 Å². The van der Waals surface area contributed by atoms with E-state index in [0.717, 1.165) is 24.5 Å². The number of hydrogen-bond acceptors (Lipinski definition) is 5. The van der Waals surface area contributed by atoms with Gasteiger partial charge in [-0.25, -0.2) is 0 Å². The third kappa shape index (κ3) is 5.84. The Kier molecular flexibility index (Phi) is 8.14. The molecule has 1 aromatic carbocycles. The van der Waals surface area contributed by atoms with Gasteiger partial charge in [0.2, 0.25) is 0 Å². The van der Waals surface area contributed by atoms with Crippen LogP contribution in [0.1, 0.15) is 20.3 Å². The molecule has 1 unspecified atom stereocenters. The van der Waals surface area contributed by atoms with Crippen LogP contribution in [0.15, 0.2) is 29.2 Å². The van der Waals surface area contributed by atoms with Gasteiger partial charge in [0.05, 0.1) is 13.7 Å². The van der Waals surface area contributed by atoms with Crippen LogP contribution >= 0.6 is 11.8 Å². The molecule has 0 aromatic heterocycles. The number of carbonyl (C=O) groups excluding carboxylic acids is 1. The lowest BCUT2D eigenvalue weighted by Gasteiger charge is -2.15. The Bertz CT molecular complexity index is 395. The number of likely N-dealkylation sites (N-methyl/N-ethyl adjacent to an activating group) is 1. The van der Waals surface area contributed by atoms with Crippen molar-refractivity contribution < 1.29 is 14.3 Å². The molecule has 0 fully saturated rings. The molecule has 0 radical (unpaired) electrons. The SMILES string of the molecule is CCNC(CCSc1ccc(OC)cc1)C(=O)OCC. The predicted octanol–water partition coefficient (Wildman–Crippen LogP) is 2.72. The van der Waals surface area contributed by atoms with Crippen molar-refractivity contribution in [1.82, 2.24) is 5.32 Å². The van der Waals surface area contributed by atoms with Crippen molar-refractivity contribution in [2.45, 2.75) is 31.2 Å². The van der Waals surface area contributed by atoms with Gasteiger partial charge in [0.25, 0.3) is 0 Å². The molecule has 4 nitrogen and oxygen atoms in total. The Morgan fingerprint density at radius 3 is 2.55 bits per heavy atom. The monoisotopic (exact) mass is 297 g/mol. The third-order valence-corrected chi connectivity index (χ3v) is 3.80. The first-order valence-electron chi connectivity index (χ1n) is 6.88. The summed E-state index contributed by atoms with van der Waals surface area (Å²) < 4.78 is 10.2. The summed E-state index contributed by atoms with van der Waals surface area (Å²) in [5.41, 5.74) is 0. The Hall–Kier alpha value is -1.20. The standard InChI is InChI=1S/C15H23NO3S/c1-4-16-14(15(17)19-5-2)10-11-20-13-8-6-12(18-3)7-9-13/h6-9,14,16H,4-5,10-11H2,1-3H3. The normalized spacial score (nSPS) is 11.9. The molecule has 20 heavy (non-hydrogen) atoms. The summed E-state index contributed by atoms with van der Waals surface area (Å²) in [6.07, 6.45) is 0.753. The van der Waals surface area contributed by atoms with E-state index in [0.29, 0.717) is 6.61 Å². The molecule has 0 saturated heterocycles. The van der Waals surface area contributed by atoms with Crippen molar-refractivity contribution in [1.29, 1.82) is 0 Å². The molecule has 1 aromatic rings. The molecule has 1 N–H and O–H groups in total. The van der Waals surface area contributed by atoms with Gasteiger partial charge in [0.1, 0.15) is 11.8 Å². The van der Waals surface area contributed by atoms with E-state index in [-0.39, 0.29) is 12.0 Å². The molecule has 0 heterocycles. The van der Waals surface area contributed by atoms with Gasteiger partial charge in [-0.3, -0.25) is 4.79 Å². The molecule has 0 aliphatic rings. The molecule has 112 valence electrons. The molecule has 1 atom stereocenters. The average Bonchev–Trinajstić information content (AvgIpc) is 2.47. The van der Waals surface area contributed by atoms with E-state index >= 15 is 0 Å². The van der Waals surface area contributed by atoms with E-state index in [1.807, 2.05) is 38.1 Å². The van der Waals surface area contributed by atoms with Gasteiger partial charge >= 0.3 is 5.97 Å². The Balaban J connectivity index is 2.40. The minimum absolute atomic E-state index is 0.162. The lowest BCUT2D eigenvalue weighted by atomic mass is 10.2. The first-order chi connectivity index (χ1) is 9.71. The molecule has 0 spiro atoms. The molecule has 0 aliphatic carbocycles. The highest BCUT2D eigenvalue weighted by atomic mass is 32.2. The van der Waals surface area contributed by atoms with Gasteiger partial charge in [0.15, 0.2) is 0 Å². The summed E-state index contributed by atoms with van der Waals surface area (Å²) in [6, 6.07) is 7.71. The first-order valence-corrected chi connectivity index (χ1v) is 7.86. The average molecular weight is 297 g/mol. The van der Waals surface area contributed by atoms with E-state index < -0.39 is 0 Å². The highest BCUT2D eigenvalue weighted by Crippen LogP contribution is 2.22. The fourth-order valence-electron chi connectivity index (χ4n) is 1.76. The van der Waals surface area contributed by atoms with Crippen molar-refractivity contribution in [3.05, 3.63) is 24.3 Å². The number of benzene rings is 1. The van der Waals surface area contributed by atoms with Crippen molar-refractivity contribution in [3.8, 4) is 5.75 Å². The number of hydrogen-bond donors (Lipinski definition) is 1. The predicted molar refractivity (Wildman–Crippen MR) is 82.4 cm³/mol. The van der Waals surface area contributed by atoms with Crippen LogP contribution in [-0.2, 0) is 9.53 Å². The number of thioether (sulfide) groups is 1. The maximum atomic E-state index is 11.7. The fourth-order valence-corrected chi connectivity index (χ4v) is 2.68. The minimum atomic E-state index is -0.217. The van der Waals surface area contributed by atoms with E-state index in [1.54, 1.807) is 18.9 Å². The Labute approximate surface area is 125 Å². The summed E-state index contributed by atoms with van der Waals surface area (Å²) in [5.74, 6) is 1.55. The van der Waals surface area contributed by atoms with Crippen LogP contribution in [0.25, 0.3) is 0 Å². The Morgan fingerprint density at radius 2 is 2.00 bits per heavy atom. The summed E-state index contributed by atoms with van der Waals surface area (Å²) >= 11 is 1.73. The van der Waals surface area contributed by atoms with E-state index in [9.17, 15) is 4.79 Å². The minimum Gasteiger partial charge on any atom is -0.497 e. The summed E-state index contributed by atoms with van der Waals surface area (Å²) in [7, 11) is 1.66. The topological polar surface area (TPSA) is 47.6 Å². The maximum Gasteiger partial charge on any atom is 0.323 e. The van der Waals surface area contributed by atoms with Crippen molar-refractivity contribution in [2.24, 2.45) is 0 Å². The lowest BCUT2D eigenvalue weighted by Crippen LogP contribution is -2.38. The summed E-state index contributed by atoms with van der Waals surface area (Å²) in [6.45, 7) is 5.00. The Morgan fingerprint density at radius 1 is 1.30 bits per heavy atom. The number of nitrogens with one attached hydrogen (secondary N) is 1.